The van der Waals surface area contributed by atoms with E-state index in [1.165, 1.54) is 16.9 Å². The third-order valence-corrected chi connectivity index (χ3v) is 6.67. The van der Waals surface area contributed by atoms with Gasteiger partial charge in [0.05, 0.1) is 13.1 Å². The van der Waals surface area contributed by atoms with Crippen LogP contribution in [0.25, 0.3) is 28.4 Å². The summed E-state index contributed by atoms with van der Waals surface area (Å²) in [7, 11) is 2.15. The van der Waals surface area contributed by atoms with Gasteiger partial charge in [-0.05, 0) is 43.7 Å². The van der Waals surface area contributed by atoms with E-state index in [1.54, 1.807) is 0 Å². The van der Waals surface area contributed by atoms with Crippen molar-refractivity contribution >= 4 is 34.1 Å². The van der Waals surface area contributed by atoms with Gasteiger partial charge < -0.3 is 4.90 Å². The second-order valence-electron chi connectivity index (χ2n) is 8.82. The van der Waals surface area contributed by atoms with Gasteiger partial charge >= 0.3 is 5.65 Å². The van der Waals surface area contributed by atoms with Crippen molar-refractivity contribution in [2.75, 3.05) is 11.9 Å². The van der Waals surface area contributed by atoms with Crippen LogP contribution in [0.15, 0.2) is 66.4 Å². The lowest BCUT2D eigenvalue weighted by atomic mass is 9.84. The minimum absolute atomic E-state index is 0. The number of likely N-dealkylation sites (N-methyl/N-ethyl adjacent to an activating group) is 1. The average molecular weight is 441 g/mol. The number of aryl methyl sites for hydroxylation is 2. The number of rotatable bonds is 4. The maximum Gasteiger partial charge on any atom is 0.323 e. The highest BCUT2D eigenvalue weighted by Gasteiger charge is 2.37. The van der Waals surface area contributed by atoms with Crippen molar-refractivity contribution in [1.29, 1.82) is 0 Å². The van der Waals surface area contributed by atoms with E-state index in [0.29, 0.717) is 0 Å². The lowest BCUT2D eigenvalue weighted by molar-refractivity contribution is -0.672. The van der Waals surface area contributed by atoms with Crippen molar-refractivity contribution in [2.45, 2.75) is 53.6 Å². The first-order valence-corrected chi connectivity index (χ1v) is 11.4. The van der Waals surface area contributed by atoms with E-state index in [1.807, 2.05) is 24.3 Å². The Balaban J connectivity index is 0.00000259. The number of imidazole rings is 1. The summed E-state index contributed by atoms with van der Waals surface area (Å²) in [6.45, 7) is 10.6. The van der Waals surface area contributed by atoms with Gasteiger partial charge in [-0.25, -0.2) is 14.1 Å². The van der Waals surface area contributed by atoms with Crippen LogP contribution in [-0.2, 0) is 18.5 Å². The SMILES string of the molecule is C.CCn1c(/C=C/C=C2/N(C)c3ccccc3C2(C)C)[n+](CC)c2nc3ccccc3nc21. The quantitative estimate of drug-likeness (QED) is 0.372. The molecule has 0 spiro atoms. The molecule has 0 fully saturated rings. The number of aromatic nitrogens is 4. The fraction of sp³-hybridized carbons (Fsp3) is 0.321. The monoisotopic (exact) mass is 440 g/mol. The zero-order chi connectivity index (χ0) is 22.5. The number of benzene rings is 2. The molecule has 33 heavy (non-hydrogen) atoms. The Morgan fingerprint density at radius 3 is 2.30 bits per heavy atom. The lowest BCUT2D eigenvalue weighted by Gasteiger charge is -2.23. The van der Waals surface area contributed by atoms with Crippen LogP contribution in [0, 0.1) is 0 Å². The van der Waals surface area contributed by atoms with Crippen LogP contribution in [0.4, 0.5) is 5.69 Å². The Morgan fingerprint density at radius 2 is 1.64 bits per heavy atom. The van der Waals surface area contributed by atoms with E-state index in [-0.39, 0.29) is 12.8 Å². The fourth-order valence-electron chi connectivity index (χ4n) is 5.04. The van der Waals surface area contributed by atoms with E-state index in [2.05, 4.69) is 91.3 Å². The first kappa shape index (κ1) is 22.7. The first-order valence-electron chi connectivity index (χ1n) is 11.4. The van der Waals surface area contributed by atoms with Gasteiger partial charge in [0, 0.05) is 29.9 Å². The van der Waals surface area contributed by atoms with Crippen molar-refractivity contribution in [3.63, 3.8) is 0 Å². The summed E-state index contributed by atoms with van der Waals surface area (Å²) in [4.78, 5) is 12.2. The molecule has 5 rings (SSSR count). The number of fused-ring (bicyclic) bond motifs is 3. The molecule has 5 nitrogen and oxygen atoms in total. The second kappa shape index (κ2) is 8.47. The second-order valence-corrected chi connectivity index (χ2v) is 8.82. The number of hydrogen-bond donors (Lipinski definition) is 0. The molecule has 0 atom stereocenters. The highest BCUT2D eigenvalue weighted by molar-refractivity contribution is 5.82. The van der Waals surface area contributed by atoms with Gasteiger partial charge in [-0.3, -0.25) is 0 Å². The summed E-state index contributed by atoms with van der Waals surface area (Å²) < 4.78 is 4.51. The molecule has 0 aliphatic carbocycles. The molecule has 0 amide bonds. The lowest BCUT2D eigenvalue weighted by Crippen LogP contribution is -2.35. The number of anilines is 1. The topological polar surface area (TPSA) is 37.8 Å². The third kappa shape index (κ3) is 3.43. The molecule has 1 aliphatic rings. The van der Waals surface area contributed by atoms with Gasteiger partial charge in [0.15, 0.2) is 5.52 Å². The summed E-state index contributed by atoms with van der Waals surface area (Å²) >= 11 is 0. The Labute approximate surface area is 196 Å². The van der Waals surface area contributed by atoms with E-state index >= 15 is 0 Å². The molecule has 0 N–H and O–H groups in total. The van der Waals surface area contributed by atoms with Gasteiger partial charge in [0.1, 0.15) is 5.52 Å². The predicted molar refractivity (Wildman–Crippen MR) is 138 cm³/mol. The largest absolute Gasteiger partial charge is 0.347 e. The van der Waals surface area contributed by atoms with Crippen LogP contribution in [0.2, 0.25) is 0 Å². The summed E-state index contributed by atoms with van der Waals surface area (Å²) in [5, 5.41) is 0. The highest BCUT2D eigenvalue weighted by atomic mass is 15.2. The van der Waals surface area contributed by atoms with Crippen LogP contribution < -0.4 is 9.47 Å². The molecule has 0 unspecified atom stereocenters. The molecule has 0 bridgehead atoms. The third-order valence-electron chi connectivity index (χ3n) is 6.67. The normalized spacial score (nSPS) is 16.2. The van der Waals surface area contributed by atoms with Crippen molar-refractivity contribution in [1.82, 2.24) is 14.5 Å². The zero-order valence-electron chi connectivity index (χ0n) is 19.5. The van der Waals surface area contributed by atoms with Gasteiger partial charge in [-0.15, -0.1) is 0 Å². The molecule has 3 heterocycles. The standard InChI is InChI=1S/C27H30N5.CH4/c1-6-31-24(32(7-2)26-25(31)28-20-14-9-10-15-21(20)29-26)18-12-17-23-27(3,4)19-13-8-11-16-22(19)30(23)5;/h8-18H,6-7H2,1-5H3;1H4/q+1;. The zero-order valence-corrected chi connectivity index (χ0v) is 19.5. The van der Waals surface area contributed by atoms with Gasteiger partial charge in [0.2, 0.25) is 5.82 Å². The van der Waals surface area contributed by atoms with E-state index < -0.39 is 0 Å². The molecule has 0 saturated carbocycles. The van der Waals surface area contributed by atoms with E-state index in [4.69, 9.17) is 9.97 Å². The molecular weight excluding hydrogens is 406 g/mol. The molecule has 1 aliphatic heterocycles. The number of nitrogens with zero attached hydrogens (tertiary/aromatic N) is 5. The van der Waals surface area contributed by atoms with Crippen molar-refractivity contribution in [3.8, 4) is 0 Å². The Kier molecular flexibility index (Phi) is 5.83. The van der Waals surface area contributed by atoms with Crippen molar-refractivity contribution in [2.24, 2.45) is 0 Å². The van der Waals surface area contributed by atoms with Crippen LogP contribution in [0.1, 0.15) is 46.5 Å². The minimum Gasteiger partial charge on any atom is -0.347 e. The molecule has 4 aromatic rings. The number of allylic oxidation sites excluding steroid dienone is 3. The van der Waals surface area contributed by atoms with Crippen LogP contribution in [0.5, 0.6) is 0 Å². The summed E-state index contributed by atoms with van der Waals surface area (Å²) in [6.07, 6.45) is 6.61. The molecule has 0 radical (unpaired) electrons. The molecule has 0 saturated heterocycles. The Hall–Kier alpha value is -3.47. The molecule has 2 aromatic heterocycles. The van der Waals surface area contributed by atoms with Gasteiger partial charge in [-0.1, -0.05) is 62.7 Å². The minimum atomic E-state index is -0.0330. The van der Waals surface area contributed by atoms with E-state index in [9.17, 15) is 0 Å². The Bertz CT molecular complexity index is 1330. The molecule has 170 valence electrons. The van der Waals surface area contributed by atoms with Crippen LogP contribution in [-0.4, -0.2) is 21.6 Å². The van der Waals surface area contributed by atoms with Crippen LogP contribution in [0.3, 0.4) is 0 Å². The van der Waals surface area contributed by atoms with E-state index in [0.717, 1.165) is 41.2 Å². The average Bonchev–Trinajstić information content (AvgIpc) is 3.20. The smallest absolute Gasteiger partial charge is 0.323 e. The van der Waals surface area contributed by atoms with Gasteiger partial charge in [0.25, 0.3) is 5.65 Å². The summed E-state index contributed by atoms with van der Waals surface area (Å²) in [6, 6.07) is 16.8. The number of para-hydroxylation sites is 3. The van der Waals surface area contributed by atoms with Crippen molar-refractivity contribution in [3.05, 3.63) is 77.8 Å². The Morgan fingerprint density at radius 1 is 0.970 bits per heavy atom. The van der Waals surface area contributed by atoms with Crippen LogP contribution >= 0.6 is 0 Å². The number of hydrogen-bond acceptors (Lipinski definition) is 3. The summed E-state index contributed by atoms with van der Waals surface area (Å²) in [5.41, 5.74) is 7.64. The van der Waals surface area contributed by atoms with Gasteiger partial charge in [-0.2, -0.15) is 0 Å². The highest BCUT2D eigenvalue weighted by Crippen LogP contribution is 2.46. The first-order chi connectivity index (χ1) is 15.5. The predicted octanol–water partition coefficient (Wildman–Crippen LogP) is 5.87. The molecule has 2 aromatic carbocycles. The molecule has 5 heteroatoms. The molecular formula is C28H34N5+. The maximum absolute atomic E-state index is 4.95. The van der Waals surface area contributed by atoms with Crippen molar-refractivity contribution < 1.29 is 4.57 Å². The summed E-state index contributed by atoms with van der Waals surface area (Å²) in [5.74, 6) is 1.12. The fourth-order valence-corrected chi connectivity index (χ4v) is 5.04. The maximum atomic E-state index is 4.95.